The number of rotatable bonds is 15. The number of carboxylic acids is 1. The summed E-state index contributed by atoms with van der Waals surface area (Å²) in [5.41, 5.74) is 15.8. The minimum atomic E-state index is -1.62. The van der Waals surface area contributed by atoms with Crippen LogP contribution < -0.4 is 33.2 Å². The van der Waals surface area contributed by atoms with Gasteiger partial charge in [-0.3, -0.25) is 19.2 Å². The molecule has 13 heteroatoms. The molecular formula is C17H32N6O7. The number of aliphatic carboxylic acids is 1. The molecule has 0 radical (unpaired) electrons. The van der Waals surface area contributed by atoms with Crippen LogP contribution in [0.2, 0.25) is 0 Å². The van der Waals surface area contributed by atoms with E-state index in [0.29, 0.717) is 19.4 Å². The summed E-state index contributed by atoms with van der Waals surface area (Å²) < 4.78 is 0. The Morgan fingerprint density at radius 1 is 0.900 bits per heavy atom. The molecule has 0 aliphatic rings. The molecule has 4 unspecified atom stereocenters. The number of aliphatic hydroxyl groups is 1. The SMILES string of the molecule is CC(O)C(NC(=O)C(CCC(N)=O)NC(=O)C(CCCCN)NC(=O)CN)C(=O)O. The molecule has 30 heavy (non-hydrogen) atoms. The van der Waals surface area contributed by atoms with Crippen molar-refractivity contribution < 1.29 is 34.2 Å². The molecule has 0 saturated heterocycles. The number of hydrogen-bond acceptors (Lipinski definition) is 8. The van der Waals surface area contributed by atoms with Gasteiger partial charge < -0.3 is 43.4 Å². The van der Waals surface area contributed by atoms with E-state index in [9.17, 15) is 29.1 Å². The second kappa shape index (κ2) is 14.3. The van der Waals surface area contributed by atoms with Gasteiger partial charge in [0.2, 0.25) is 23.6 Å². The van der Waals surface area contributed by atoms with Crippen molar-refractivity contribution in [1.29, 1.82) is 0 Å². The molecule has 0 heterocycles. The Kier molecular flexibility index (Phi) is 12.9. The molecule has 0 aromatic carbocycles. The van der Waals surface area contributed by atoms with Crippen molar-refractivity contribution in [2.24, 2.45) is 17.2 Å². The van der Waals surface area contributed by atoms with E-state index in [4.69, 9.17) is 22.3 Å². The van der Waals surface area contributed by atoms with Gasteiger partial charge in [-0.05, 0) is 39.2 Å². The van der Waals surface area contributed by atoms with Gasteiger partial charge in [0.1, 0.15) is 12.1 Å². The third-order valence-corrected chi connectivity index (χ3v) is 4.14. The summed E-state index contributed by atoms with van der Waals surface area (Å²) in [6.07, 6.45) is -0.545. The third kappa shape index (κ3) is 10.7. The molecule has 0 bridgehead atoms. The maximum atomic E-state index is 12.6. The number of carbonyl (C=O) groups is 5. The first kappa shape index (κ1) is 27.2. The number of unbranched alkanes of at least 4 members (excludes halogenated alkanes) is 1. The van der Waals surface area contributed by atoms with Gasteiger partial charge in [0.15, 0.2) is 6.04 Å². The third-order valence-electron chi connectivity index (χ3n) is 4.14. The number of nitrogens with one attached hydrogen (secondary N) is 3. The monoisotopic (exact) mass is 432 g/mol. The molecule has 13 nitrogen and oxygen atoms in total. The maximum Gasteiger partial charge on any atom is 0.328 e. The number of amides is 4. The average molecular weight is 432 g/mol. The minimum absolute atomic E-state index is 0.209. The van der Waals surface area contributed by atoms with E-state index in [-0.39, 0.29) is 25.8 Å². The van der Waals surface area contributed by atoms with Gasteiger partial charge in [-0.1, -0.05) is 0 Å². The summed E-state index contributed by atoms with van der Waals surface area (Å²) in [6, 6.07) is -3.95. The van der Waals surface area contributed by atoms with E-state index in [1.54, 1.807) is 0 Å². The van der Waals surface area contributed by atoms with E-state index in [2.05, 4.69) is 16.0 Å². The van der Waals surface area contributed by atoms with E-state index in [1.807, 2.05) is 0 Å². The Bertz CT molecular complexity index is 613. The normalized spacial score (nSPS) is 14.7. The van der Waals surface area contributed by atoms with Crippen LogP contribution in [0.3, 0.4) is 0 Å². The molecular weight excluding hydrogens is 400 g/mol. The lowest BCUT2D eigenvalue weighted by Crippen LogP contribution is -2.57. The molecule has 0 aliphatic carbocycles. The summed E-state index contributed by atoms with van der Waals surface area (Å²) in [7, 11) is 0. The molecule has 0 rings (SSSR count). The van der Waals surface area contributed by atoms with E-state index in [0.717, 1.165) is 0 Å². The van der Waals surface area contributed by atoms with E-state index < -0.39 is 53.8 Å². The fourth-order valence-corrected chi connectivity index (χ4v) is 2.49. The molecule has 0 saturated carbocycles. The highest BCUT2D eigenvalue weighted by molar-refractivity contribution is 5.94. The van der Waals surface area contributed by atoms with Crippen LogP contribution in [-0.2, 0) is 24.0 Å². The number of aliphatic hydroxyl groups excluding tert-OH is 1. The molecule has 0 spiro atoms. The van der Waals surface area contributed by atoms with Crippen LogP contribution in [-0.4, -0.2) is 77.1 Å². The van der Waals surface area contributed by atoms with Gasteiger partial charge >= 0.3 is 5.97 Å². The molecule has 172 valence electrons. The molecule has 0 aromatic heterocycles. The largest absolute Gasteiger partial charge is 0.480 e. The Morgan fingerprint density at radius 2 is 1.47 bits per heavy atom. The molecule has 4 amide bonds. The second-order valence-electron chi connectivity index (χ2n) is 6.74. The Labute approximate surface area is 174 Å². The van der Waals surface area contributed by atoms with Crippen LogP contribution in [0.25, 0.3) is 0 Å². The van der Waals surface area contributed by atoms with Crippen LogP contribution in [0.15, 0.2) is 0 Å². The van der Waals surface area contributed by atoms with Crippen molar-refractivity contribution >= 4 is 29.6 Å². The fourth-order valence-electron chi connectivity index (χ4n) is 2.49. The number of carboxylic acid groups (broad SMARTS) is 1. The second-order valence-corrected chi connectivity index (χ2v) is 6.74. The van der Waals surface area contributed by atoms with Gasteiger partial charge in [-0.25, -0.2) is 4.79 Å². The molecule has 11 N–H and O–H groups in total. The van der Waals surface area contributed by atoms with Crippen LogP contribution in [0.1, 0.15) is 39.0 Å². The van der Waals surface area contributed by atoms with E-state index in [1.165, 1.54) is 6.92 Å². The van der Waals surface area contributed by atoms with Gasteiger partial charge in [-0.15, -0.1) is 0 Å². The summed E-state index contributed by atoms with van der Waals surface area (Å²) in [5, 5.41) is 25.6. The van der Waals surface area contributed by atoms with Crippen molar-refractivity contribution in [3.8, 4) is 0 Å². The Hall–Kier alpha value is -2.77. The van der Waals surface area contributed by atoms with Crippen LogP contribution in [0, 0.1) is 0 Å². The van der Waals surface area contributed by atoms with Crippen molar-refractivity contribution in [3.05, 3.63) is 0 Å². The van der Waals surface area contributed by atoms with Crippen LogP contribution in [0.4, 0.5) is 0 Å². The highest BCUT2D eigenvalue weighted by Gasteiger charge is 2.31. The first-order chi connectivity index (χ1) is 14.0. The highest BCUT2D eigenvalue weighted by atomic mass is 16.4. The van der Waals surface area contributed by atoms with Gasteiger partial charge in [-0.2, -0.15) is 0 Å². The lowest BCUT2D eigenvalue weighted by Gasteiger charge is -2.25. The van der Waals surface area contributed by atoms with Crippen molar-refractivity contribution in [2.45, 2.75) is 63.3 Å². The van der Waals surface area contributed by atoms with Crippen molar-refractivity contribution in [1.82, 2.24) is 16.0 Å². The number of carbonyl (C=O) groups excluding carboxylic acids is 4. The van der Waals surface area contributed by atoms with Crippen molar-refractivity contribution in [2.75, 3.05) is 13.1 Å². The first-order valence-electron chi connectivity index (χ1n) is 9.52. The zero-order valence-electron chi connectivity index (χ0n) is 16.9. The Morgan fingerprint density at radius 3 is 1.93 bits per heavy atom. The minimum Gasteiger partial charge on any atom is -0.480 e. The average Bonchev–Trinajstić information content (AvgIpc) is 2.67. The number of primary amides is 1. The standard InChI is InChI=1S/C17H32N6O7/c1-9(24)14(17(29)30)23-16(28)11(5-6-12(20)25)22-15(27)10(4-2-3-7-18)21-13(26)8-19/h9-11,14,24H,2-8,18-19H2,1H3,(H2,20,25)(H,21,26)(H,22,27)(H,23,28)(H,29,30). The molecule has 0 fully saturated rings. The zero-order chi connectivity index (χ0) is 23.3. The highest BCUT2D eigenvalue weighted by Crippen LogP contribution is 2.05. The lowest BCUT2D eigenvalue weighted by atomic mass is 10.1. The topological polar surface area (TPSA) is 240 Å². The molecule has 0 aliphatic heterocycles. The zero-order valence-corrected chi connectivity index (χ0v) is 16.9. The van der Waals surface area contributed by atoms with E-state index >= 15 is 0 Å². The summed E-state index contributed by atoms with van der Waals surface area (Å²) in [5.74, 6) is -4.44. The first-order valence-corrected chi connectivity index (χ1v) is 9.52. The summed E-state index contributed by atoms with van der Waals surface area (Å²) in [4.78, 5) is 59.0. The van der Waals surface area contributed by atoms with Gasteiger partial charge in [0, 0.05) is 6.42 Å². The van der Waals surface area contributed by atoms with Crippen LogP contribution >= 0.6 is 0 Å². The summed E-state index contributed by atoms with van der Waals surface area (Å²) in [6.45, 7) is 1.21. The van der Waals surface area contributed by atoms with Crippen LogP contribution in [0.5, 0.6) is 0 Å². The number of hydrogen-bond donors (Lipinski definition) is 8. The summed E-state index contributed by atoms with van der Waals surface area (Å²) >= 11 is 0. The predicted molar refractivity (Wildman–Crippen MR) is 105 cm³/mol. The van der Waals surface area contributed by atoms with Gasteiger partial charge in [0.25, 0.3) is 0 Å². The Balaban J connectivity index is 5.38. The number of nitrogens with two attached hydrogens (primary N) is 3. The molecule has 4 atom stereocenters. The lowest BCUT2D eigenvalue weighted by molar-refractivity contribution is -0.145. The van der Waals surface area contributed by atoms with Crippen molar-refractivity contribution in [3.63, 3.8) is 0 Å². The smallest absolute Gasteiger partial charge is 0.328 e. The molecule has 0 aromatic rings. The predicted octanol–water partition coefficient (Wildman–Crippen LogP) is -3.74. The van der Waals surface area contributed by atoms with Gasteiger partial charge in [0.05, 0.1) is 12.6 Å². The maximum absolute atomic E-state index is 12.6. The quantitative estimate of drug-likeness (QED) is 0.118. The fraction of sp³-hybridized carbons (Fsp3) is 0.706.